The van der Waals surface area contributed by atoms with Gasteiger partial charge in [-0.15, -0.1) is 18.3 Å². The van der Waals surface area contributed by atoms with Gasteiger partial charge in [-0.3, -0.25) is 4.79 Å². The first-order chi connectivity index (χ1) is 16.2. The number of benzene rings is 3. The van der Waals surface area contributed by atoms with Crippen molar-refractivity contribution in [3.8, 4) is 22.8 Å². The fourth-order valence-electron chi connectivity index (χ4n) is 3.66. The van der Waals surface area contributed by atoms with E-state index in [-0.39, 0.29) is 11.5 Å². The molecule has 0 saturated heterocycles. The van der Waals surface area contributed by atoms with E-state index in [4.69, 9.17) is 0 Å². The Bertz CT molecular complexity index is 1290. The minimum absolute atomic E-state index is 0.119. The first kappa shape index (κ1) is 23.2. The Morgan fingerprint density at radius 3 is 2.32 bits per heavy atom. The monoisotopic (exact) mass is 465 g/mol. The third-order valence-electron chi connectivity index (χ3n) is 5.36. The first-order valence-electron chi connectivity index (χ1n) is 10.7. The molecule has 0 bridgehead atoms. The molecule has 1 heterocycles. The number of Topliss-reactive ketones (excluding diaryl/α,β-unsaturated/α-hetero) is 1. The summed E-state index contributed by atoms with van der Waals surface area (Å²) >= 11 is 0. The van der Waals surface area contributed by atoms with E-state index in [1.807, 2.05) is 56.3 Å². The Morgan fingerprint density at radius 2 is 1.68 bits per heavy atom. The van der Waals surface area contributed by atoms with Crippen LogP contribution in [0, 0.1) is 13.8 Å². The molecule has 0 N–H and O–H groups in total. The molecule has 0 aliphatic heterocycles. The van der Waals surface area contributed by atoms with Crippen LogP contribution in [0.5, 0.6) is 5.75 Å². The average molecular weight is 465 g/mol. The zero-order valence-electron chi connectivity index (χ0n) is 18.6. The Hall–Kier alpha value is -3.94. The topological polar surface area (TPSA) is 57.0 Å². The van der Waals surface area contributed by atoms with Crippen LogP contribution in [0.1, 0.15) is 33.5 Å². The number of alkyl halides is 3. The second-order valence-electron chi connectivity index (χ2n) is 7.99. The van der Waals surface area contributed by atoms with Gasteiger partial charge in [-0.1, -0.05) is 48.0 Å². The van der Waals surface area contributed by atoms with Gasteiger partial charge < -0.3 is 4.74 Å². The number of rotatable bonds is 7. The van der Waals surface area contributed by atoms with Crippen molar-refractivity contribution in [3.05, 3.63) is 95.3 Å². The number of carbonyl (C=O) groups is 1. The third-order valence-corrected chi connectivity index (χ3v) is 5.36. The van der Waals surface area contributed by atoms with Gasteiger partial charge >= 0.3 is 6.36 Å². The lowest BCUT2D eigenvalue weighted by molar-refractivity contribution is -0.274. The molecule has 8 heteroatoms. The highest BCUT2D eigenvalue weighted by atomic mass is 19.4. The van der Waals surface area contributed by atoms with Gasteiger partial charge in [0.25, 0.3) is 0 Å². The summed E-state index contributed by atoms with van der Waals surface area (Å²) in [5, 5.41) is 4.40. The SMILES string of the molecule is Cc1ccc(C(=O)CCc2ccc(-c3ncn(-c4ccc(OC(F)(F)F)cc4)n3)cc2)c(C)c1. The highest BCUT2D eigenvalue weighted by molar-refractivity contribution is 5.97. The zero-order valence-corrected chi connectivity index (χ0v) is 18.6. The molecule has 0 fully saturated rings. The second kappa shape index (κ2) is 9.51. The van der Waals surface area contributed by atoms with Crippen LogP contribution >= 0.6 is 0 Å². The van der Waals surface area contributed by atoms with Crippen molar-refractivity contribution in [2.75, 3.05) is 0 Å². The predicted octanol–water partition coefficient (Wildman–Crippen LogP) is 6.27. The molecular formula is C26H22F3N3O2. The lowest BCUT2D eigenvalue weighted by Gasteiger charge is -2.09. The number of halogens is 3. The highest BCUT2D eigenvalue weighted by Gasteiger charge is 2.31. The fourth-order valence-corrected chi connectivity index (χ4v) is 3.66. The number of ketones is 1. The molecule has 4 rings (SSSR count). The van der Waals surface area contributed by atoms with Crippen molar-refractivity contribution in [1.82, 2.24) is 14.8 Å². The van der Waals surface area contributed by atoms with Crippen LogP contribution in [0.15, 0.2) is 73.1 Å². The number of aryl methyl sites for hydroxylation is 3. The molecule has 34 heavy (non-hydrogen) atoms. The van der Waals surface area contributed by atoms with Gasteiger partial charge in [-0.25, -0.2) is 9.67 Å². The lowest BCUT2D eigenvalue weighted by Crippen LogP contribution is -2.17. The fraction of sp³-hybridized carbons (Fsp3) is 0.192. The lowest BCUT2D eigenvalue weighted by atomic mass is 9.97. The van der Waals surface area contributed by atoms with Crippen LogP contribution in [0.2, 0.25) is 0 Å². The van der Waals surface area contributed by atoms with Gasteiger partial charge in [0.15, 0.2) is 11.6 Å². The molecule has 0 aliphatic rings. The molecule has 0 atom stereocenters. The summed E-state index contributed by atoms with van der Waals surface area (Å²) in [5.74, 6) is 0.297. The number of nitrogens with zero attached hydrogens (tertiary/aromatic N) is 3. The van der Waals surface area contributed by atoms with Gasteiger partial charge in [0, 0.05) is 17.5 Å². The molecule has 5 nitrogen and oxygen atoms in total. The minimum Gasteiger partial charge on any atom is -0.406 e. The number of hydrogen-bond acceptors (Lipinski definition) is 4. The van der Waals surface area contributed by atoms with Gasteiger partial charge in [0.1, 0.15) is 12.1 Å². The van der Waals surface area contributed by atoms with E-state index >= 15 is 0 Å². The number of carbonyl (C=O) groups excluding carboxylic acids is 1. The number of ether oxygens (including phenoxy) is 1. The van der Waals surface area contributed by atoms with Crippen LogP contribution in [0.25, 0.3) is 17.1 Å². The van der Waals surface area contributed by atoms with Crippen LogP contribution in [0.4, 0.5) is 13.2 Å². The van der Waals surface area contributed by atoms with Crippen molar-refractivity contribution < 1.29 is 22.7 Å². The molecule has 3 aromatic carbocycles. The Kier molecular flexibility index (Phi) is 6.49. The minimum atomic E-state index is -4.74. The van der Waals surface area contributed by atoms with Gasteiger partial charge in [0.05, 0.1) is 5.69 Å². The van der Waals surface area contributed by atoms with Crippen molar-refractivity contribution >= 4 is 5.78 Å². The standard InChI is InChI=1S/C26H22F3N3O2/c1-17-3-13-23(18(2)15-17)24(33)14-6-19-4-7-20(8-5-19)25-30-16-32(31-25)21-9-11-22(12-10-21)34-26(27,28)29/h3-5,7-13,15-16H,6,14H2,1-2H3. The number of hydrogen-bond donors (Lipinski definition) is 0. The maximum atomic E-state index is 12.6. The molecule has 1 aromatic heterocycles. The zero-order chi connectivity index (χ0) is 24.3. The quantitative estimate of drug-likeness (QED) is 0.302. The Balaban J connectivity index is 1.39. The van der Waals surface area contributed by atoms with E-state index in [1.165, 1.54) is 35.3 Å². The van der Waals surface area contributed by atoms with E-state index in [0.717, 1.165) is 27.8 Å². The first-order valence-corrected chi connectivity index (χ1v) is 10.7. The highest BCUT2D eigenvalue weighted by Crippen LogP contribution is 2.24. The molecule has 0 amide bonds. The Labute approximate surface area is 194 Å². The smallest absolute Gasteiger partial charge is 0.406 e. The molecule has 0 spiro atoms. The molecule has 0 unspecified atom stereocenters. The summed E-state index contributed by atoms with van der Waals surface area (Å²) in [4.78, 5) is 16.9. The third kappa shape index (κ3) is 5.70. The van der Waals surface area contributed by atoms with Crippen molar-refractivity contribution in [3.63, 3.8) is 0 Å². The van der Waals surface area contributed by atoms with Crippen LogP contribution in [-0.2, 0) is 6.42 Å². The summed E-state index contributed by atoms with van der Waals surface area (Å²) in [6.45, 7) is 3.95. The normalized spacial score (nSPS) is 11.4. The van der Waals surface area contributed by atoms with Gasteiger partial charge in [-0.2, -0.15) is 0 Å². The average Bonchev–Trinajstić information content (AvgIpc) is 3.27. The van der Waals surface area contributed by atoms with Crippen molar-refractivity contribution in [1.29, 1.82) is 0 Å². The molecule has 4 aromatic rings. The predicted molar refractivity (Wildman–Crippen MR) is 122 cm³/mol. The Morgan fingerprint density at radius 1 is 0.971 bits per heavy atom. The summed E-state index contributed by atoms with van der Waals surface area (Å²) in [5.41, 5.74) is 5.25. The summed E-state index contributed by atoms with van der Waals surface area (Å²) in [6.07, 6.45) is -2.20. The van der Waals surface area contributed by atoms with Gasteiger partial charge in [0.2, 0.25) is 0 Å². The molecule has 174 valence electrons. The summed E-state index contributed by atoms with van der Waals surface area (Å²) < 4.78 is 42.3. The largest absolute Gasteiger partial charge is 0.573 e. The van der Waals surface area contributed by atoms with E-state index in [2.05, 4.69) is 14.8 Å². The van der Waals surface area contributed by atoms with E-state index in [1.54, 1.807) is 0 Å². The molecular weight excluding hydrogens is 443 g/mol. The van der Waals surface area contributed by atoms with Crippen molar-refractivity contribution in [2.24, 2.45) is 0 Å². The molecule has 0 saturated carbocycles. The maximum Gasteiger partial charge on any atom is 0.573 e. The van der Waals surface area contributed by atoms with Crippen molar-refractivity contribution in [2.45, 2.75) is 33.1 Å². The van der Waals surface area contributed by atoms with Gasteiger partial charge in [-0.05, 0) is 55.7 Å². The van der Waals surface area contributed by atoms with Crippen LogP contribution in [-0.4, -0.2) is 26.9 Å². The van der Waals surface area contributed by atoms with E-state index < -0.39 is 6.36 Å². The van der Waals surface area contributed by atoms with Crippen LogP contribution in [0.3, 0.4) is 0 Å². The summed E-state index contributed by atoms with van der Waals surface area (Å²) in [7, 11) is 0. The second-order valence-corrected chi connectivity index (χ2v) is 7.99. The number of aromatic nitrogens is 3. The molecule has 0 radical (unpaired) electrons. The maximum absolute atomic E-state index is 12.6. The van der Waals surface area contributed by atoms with Crippen LogP contribution < -0.4 is 4.74 Å². The summed E-state index contributed by atoms with van der Waals surface area (Å²) in [6, 6.07) is 18.9. The molecule has 0 aliphatic carbocycles. The van der Waals surface area contributed by atoms with E-state index in [9.17, 15) is 18.0 Å². The van der Waals surface area contributed by atoms with E-state index in [0.29, 0.717) is 24.4 Å².